The summed E-state index contributed by atoms with van der Waals surface area (Å²) in [6.45, 7) is 9.61. The second-order valence-electron chi connectivity index (χ2n) is 5.89. The Hall–Kier alpha value is -0.520. The molecule has 13 heavy (non-hydrogen) atoms. The van der Waals surface area contributed by atoms with E-state index in [0.717, 1.165) is 5.92 Å². The molecule has 0 aromatic heterocycles. The SMILES string of the molecule is CC1(C)CC(C)(C)C2CC=CC=C21. The van der Waals surface area contributed by atoms with E-state index in [1.165, 1.54) is 12.8 Å². The quantitative estimate of drug-likeness (QED) is 0.524. The van der Waals surface area contributed by atoms with Crippen molar-refractivity contribution in [2.45, 2.75) is 40.5 Å². The first-order valence-corrected chi connectivity index (χ1v) is 5.31. The van der Waals surface area contributed by atoms with Gasteiger partial charge < -0.3 is 0 Å². The van der Waals surface area contributed by atoms with Crippen LogP contribution in [0.2, 0.25) is 0 Å². The second kappa shape index (κ2) is 2.50. The van der Waals surface area contributed by atoms with Crippen molar-refractivity contribution in [2.75, 3.05) is 0 Å². The predicted molar refractivity (Wildman–Crippen MR) is 57.5 cm³/mol. The second-order valence-corrected chi connectivity index (χ2v) is 5.89. The maximum atomic E-state index is 2.42. The fourth-order valence-electron chi connectivity index (χ4n) is 3.43. The molecule has 0 bridgehead atoms. The van der Waals surface area contributed by atoms with Gasteiger partial charge in [-0.05, 0) is 29.6 Å². The number of hydrogen-bond donors (Lipinski definition) is 0. The van der Waals surface area contributed by atoms with Gasteiger partial charge in [-0.3, -0.25) is 0 Å². The molecular formula is C13H20. The van der Waals surface area contributed by atoms with E-state index in [2.05, 4.69) is 45.9 Å². The zero-order chi connectivity index (χ0) is 9.69. The Kier molecular flexibility index (Phi) is 1.74. The van der Waals surface area contributed by atoms with Gasteiger partial charge in [0, 0.05) is 0 Å². The fourth-order valence-corrected chi connectivity index (χ4v) is 3.43. The molecule has 0 heterocycles. The Morgan fingerprint density at radius 2 is 1.92 bits per heavy atom. The van der Waals surface area contributed by atoms with Crippen molar-refractivity contribution < 1.29 is 0 Å². The Labute approximate surface area is 81.7 Å². The van der Waals surface area contributed by atoms with Crippen LogP contribution < -0.4 is 0 Å². The van der Waals surface area contributed by atoms with Crippen molar-refractivity contribution in [3.05, 3.63) is 23.8 Å². The summed E-state index contributed by atoms with van der Waals surface area (Å²) in [6, 6.07) is 0. The minimum absolute atomic E-state index is 0.429. The van der Waals surface area contributed by atoms with Crippen molar-refractivity contribution in [1.82, 2.24) is 0 Å². The van der Waals surface area contributed by atoms with Crippen LogP contribution in [-0.4, -0.2) is 0 Å². The van der Waals surface area contributed by atoms with Crippen LogP contribution in [0.3, 0.4) is 0 Å². The minimum Gasteiger partial charge on any atom is -0.0839 e. The summed E-state index contributed by atoms with van der Waals surface area (Å²) < 4.78 is 0. The van der Waals surface area contributed by atoms with E-state index < -0.39 is 0 Å². The summed E-state index contributed by atoms with van der Waals surface area (Å²) in [6.07, 6.45) is 9.48. The van der Waals surface area contributed by atoms with Crippen molar-refractivity contribution in [3.8, 4) is 0 Å². The molecule has 1 saturated carbocycles. The van der Waals surface area contributed by atoms with E-state index in [1.54, 1.807) is 5.57 Å². The predicted octanol–water partition coefficient (Wildman–Crippen LogP) is 3.95. The highest BCUT2D eigenvalue weighted by Crippen LogP contribution is 2.58. The summed E-state index contributed by atoms with van der Waals surface area (Å²) in [7, 11) is 0. The zero-order valence-corrected chi connectivity index (χ0v) is 9.22. The van der Waals surface area contributed by atoms with Gasteiger partial charge in [-0.25, -0.2) is 0 Å². The Balaban J connectivity index is 2.43. The van der Waals surface area contributed by atoms with Crippen LogP contribution in [0.5, 0.6) is 0 Å². The van der Waals surface area contributed by atoms with E-state index >= 15 is 0 Å². The molecule has 72 valence electrons. The molecule has 2 aliphatic carbocycles. The van der Waals surface area contributed by atoms with E-state index in [-0.39, 0.29) is 0 Å². The molecule has 0 aromatic carbocycles. The van der Waals surface area contributed by atoms with Gasteiger partial charge in [-0.2, -0.15) is 0 Å². The van der Waals surface area contributed by atoms with Crippen LogP contribution in [-0.2, 0) is 0 Å². The summed E-state index contributed by atoms with van der Waals surface area (Å²) in [5, 5.41) is 0. The molecule has 0 N–H and O–H groups in total. The number of rotatable bonds is 0. The number of hydrogen-bond acceptors (Lipinski definition) is 0. The Morgan fingerprint density at radius 3 is 2.54 bits per heavy atom. The van der Waals surface area contributed by atoms with Crippen LogP contribution >= 0.6 is 0 Å². The lowest BCUT2D eigenvalue weighted by Crippen LogP contribution is -2.18. The van der Waals surface area contributed by atoms with Gasteiger partial charge in [-0.15, -0.1) is 0 Å². The third-order valence-corrected chi connectivity index (χ3v) is 3.78. The minimum atomic E-state index is 0.429. The van der Waals surface area contributed by atoms with Gasteiger partial charge in [0.05, 0.1) is 0 Å². The molecule has 1 atom stereocenters. The highest BCUT2D eigenvalue weighted by atomic mass is 14.5. The fraction of sp³-hybridized carbons (Fsp3) is 0.692. The molecule has 0 radical (unpaired) electrons. The van der Waals surface area contributed by atoms with Crippen LogP contribution in [0, 0.1) is 16.7 Å². The smallest absolute Gasteiger partial charge is 0.0108 e. The summed E-state index contributed by atoms with van der Waals surface area (Å²) in [5.74, 6) is 0.799. The Morgan fingerprint density at radius 1 is 1.23 bits per heavy atom. The lowest BCUT2D eigenvalue weighted by Gasteiger charge is -2.27. The van der Waals surface area contributed by atoms with Crippen molar-refractivity contribution in [1.29, 1.82) is 0 Å². The van der Waals surface area contributed by atoms with Crippen LogP contribution in [0.15, 0.2) is 23.8 Å². The van der Waals surface area contributed by atoms with Gasteiger partial charge in [0.2, 0.25) is 0 Å². The van der Waals surface area contributed by atoms with Gasteiger partial charge in [0.1, 0.15) is 0 Å². The first-order valence-electron chi connectivity index (χ1n) is 5.31. The first-order chi connectivity index (χ1) is 5.93. The maximum absolute atomic E-state index is 2.42. The normalized spacial score (nSPS) is 34.2. The topological polar surface area (TPSA) is 0 Å². The standard InChI is InChI=1S/C13H20/c1-12(2)9-13(3,4)11-8-6-5-7-10(11)12/h5-7,11H,8-9H2,1-4H3. The monoisotopic (exact) mass is 176 g/mol. The molecule has 0 aromatic rings. The number of allylic oxidation sites excluding steroid dienone is 4. The number of fused-ring (bicyclic) bond motifs is 1. The molecule has 0 aliphatic heterocycles. The maximum Gasteiger partial charge on any atom is -0.0108 e. The van der Waals surface area contributed by atoms with Gasteiger partial charge in [-0.1, -0.05) is 51.5 Å². The molecule has 0 spiro atoms. The van der Waals surface area contributed by atoms with E-state index in [4.69, 9.17) is 0 Å². The molecule has 2 rings (SSSR count). The molecule has 2 aliphatic rings. The van der Waals surface area contributed by atoms with Crippen molar-refractivity contribution in [2.24, 2.45) is 16.7 Å². The van der Waals surface area contributed by atoms with Crippen molar-refractivity contribution in [3.63, 3.8) is 0 Å². The highest BCUT2D eigenvalue weighted by Gasteiger charge is 2.47. The van der Waals surface area contributed by atoms with Gasteiger partial charge in [0.15, 0.2) is 0 Å². The lowest BCUT2D eigenvalue weighted by molar-refractivity contribution is 0.257. The third kappa shape index (κ3) is 1.27. The third-order valence-electron chi connectivity index (χ3n) is 3.78. The van der Waals surface area contributed by atoms with Gasteiger partial charge in [0.25, 0.3) is 0 Å². The zero-order valence-electron chi connectivity index (χ0n) is 9.22. The lowest BCUT2D eigenvalue weighted by atomic mass is 9.77. The Bertz CT molecular complexity index is 276. The molecular weight excluding hydrogens is 156 g/mol. The average molecular weight is 176 g/mol. The summed E-state index contributed by atoms with van der Waals surface area (Å²) >= 11 is 0. The van der Waals surface area contributed by atoms with Crippen LogP contribution in [0.4, 0.5) is 0 Å². The molecule has 0 heteroatoms. The molecule has 1 unspecified atom stereocenters. The first kappa shape index (κ1) is 9.05. The van der Waals surface area contributed by atoms with E-state index in [9.17, 15) is 0 Å². The summed E-state index contributed by atoms with van der Waals surface area (Å²) in [4.78, 5) is 0. The largest absolute Gasteiger partial charge is 0.0839 e. The molecule has 0 nitrogen and oxygen atoms in total. The van der Waals surface area contributed by atoms with Crippen LogP contribution in [0.1, 0.15) is 40.5 Å². The van der Waals surface area contributed by atoms with Crippen molar-refractivity contribution >= 4 is 0 Å². The average Bonchev–Trinajstić information content (AvgIpc) is 2.20. The summed E-state index contributed by atoms with van der Waals surface area (Å²) in [5.41, 5.74) is 2.61. The van der Waals surface area contributed by atoms with E-state index in [1.807, 2.05) is 0 Å². The van der Waals surface area contributed by atoms with Gasteiger partial charge >= 0.3 is 0 Å². The van der Waals surface area contributed by atoms with E-state index in [0.29, 0.717) is 10.8 Å². The molecule has 1 fully saturated rings. The highest BCUT2D eigenvalue weighted by molar-refractivity contribution is 5.32. The molecule has 0 saturated heterocycles. The molecule has 0 amide bonds. The van der Waals surface area contributed by atoms with Crippen LogP contribution in [0.25, 0.3) is 0 Å².